The molecule has 1 saturated heterocycles. The van der Waals surface area contributed by atoms with Crippen molar-refractivity contribution in [3.8, 4) is 6.07 Å². The van der Waals surface area contributed by atoms with Crippen molar-refractivity contribution in [3.05, 3.63) is 22.8 Å². The molecule has 1 aromatic rings. The highest BCUT2D eigenvalue weighted by Gasteiger charge is 2.67. The number of imide groups is 1. The number of amides is 2. The van der Waals surface area contributed by atoms with Gasteiger partial charge >= 0.3 is 6.18 Å². The fraction of sp³-hybridized carbons (Fsp3) is 0.556. The van der Waals surface area contributed by atoms with Gasteiger partial charge in [-0.1, -0.05) is 11.6 Å². The van der Waals surface area contributed by atoms with Gasteiger partial charge < -0.3 is 10.4 Å². The fourth-order valence-electron chi connectivity index (χ4n) is 4.93. The molecule has 29 heavy (non-hydrogen) atoms. The van der Waals surface area contributed by atoms with Gasteiger partial charge in [-0.3, -0.25) is 14.5 Å². The molecule has 4 rings (SSSR count). The standard InChI is InChI=1S/C18H16ClF3N4O3/c19-11-3-7(18(20,21)22)6-25-15(11)24-1-2-26-16(28)12-8-4-9(13(12)17(26)29)14(27)10(8)5-23/h3,6,8-10,12-14,27H,1-2,4H2,(H,24,25)/t8-,9+,10-,12+,13+,14+/m1/s1. The monoisotopic (exact) mass is 428 g/mol. The highest BCUT2D eigenvalue weighted by atomic mass is 35.5. The summed E-state index contributed by atoms with van der Waals surface area (Å²) in [5.74, 6) is -3.30. The molecule has 11 heteroatoms. The molecule has 1 aromatic heterocycles. The van der Waals surface area contributed by atoms with Crippen molar-refractivity contribution in [2.24, 2.45) is 29.6 Å². The molecular weight excluding hydrogens is 413 g/mol. The highest BCUT2D eigenvalue weighted by molar-refractivity contribution is 6.33. The number of anilines is 1. The van der Waals surface area contributed by atoms with E-state index in [1.54, 1.807) is 0 Å². The summed E-state index contributed by atoms with van der Waals surface area (Å²) in [4.78, 5) is 30.2. The van der Waals surface area contributed by atoms with Gasteiger partial charge in [-0.05, 0) is 24.3 Å². The van der Waals surface area contributed by atoms with E-state index < -0.39 is 41.5 Å². The second kappa shape index (κ2) is 6.85. The number of rotatable bonds is 4. The highest BCUT2D eigenvalue weighted by Crippen LogP contribution is 2.58. The van der Waals surface area contributed by atoms with E-state index in [9.17, 15) is 33.1 Å². The van der Waals surface area contributed by atoms with Crippen LogP contribution in [0.25, 0.3) is 0 Å². The van der Waals surface area contributed by atoms with Gasteiger partial charge in [-0.15, -0.1) is 0 Å². The summed E-state index contributed by atoms with van der Waals surface area (Å²) in [6, 6.07) is 2.79. The van der Waals surface area contributed by atoms with Gasteiger partial charge in [0.25, 0.3) is 0 Å². The van der Waals surface area contributed by atoms with Gasteiger partial charge in [0, 0.05) is 19.3 Å². The number of aliphatic hydroxyl groups excluding tert-OH is 1. The maximum atomic E-state index is 12.7. The molecule has 0 unspecified atom stereocenters. The third-order valence-electron chi connectivity index (χ3n) is 6.17. The molecule has 3 aliphatic rings. The van der Waals surface area contributed by atoms with Crippen LogP contribution in [0.2, 0.25) is 5.02 Å². The summed E-state index contributed by atoms with van der Waals surface area (Å²) >= 11 is 5.83. The molecule has 2 N–H and O–H groups in total. The lowest BCUT2D eigenvalue weighted by molar-refractivity contribution is -0.141. The van der Waals surface area contributed by atoms with E-state index in [4.69, 9.17) is 11.6 Å². The fourth-order valence-corrected chi connectivity index (χ4v) is 5.16. The molecule has 0 radical (unpaired) electrons. The minimum atomic E-state index is -4.56. The van der Waals surface area contributed by atoms with Gasteiger partial charge in [-0.25, -0.2) is 4.98 Å². The average Bonchev–Trinajstić information content (AvgIpc) is 3.26. The smallest absolute Gasteiger partial charge is 0.391 e. The number of aromatic nitrogens is 1. The average molecular weight is 429 g/mol. The van der Waals surface area contributed by atoms with Gasteiger partial charge in [0.2, 0.25) is 11.8 Å². The second-order valence-corrected chi connectivity index (χ2v) is 7.97. The summed E-state index contributed by atoms with van der Waals surface area (Å²) in [5.41, 5.74) is -0.980. The number of nitriles is 1. The molecule has 2 bridgehead atoms. The lowest BCUT2D eigenvalue weighted by Crippen LogP contribution is -2.39. The first-order valence-electron chi connectivity index (χ1n) is 9.04. The Labute approximate surface area is 168 Å². The van der Waals surface area contributed by atoms with Crippen molar-refractivity contribution < 1.29 is 27.9 Å². The number of halogens is 4. The Morgan fingerprint density at radius 3 is 2.55 bits per heavy atom. The van der Waals surface area contributed by atoms with Crippen molar-refractivity contribution in [1.82, 2.24) is 9.88 Å². The number of aliphatic hydroxyl groups is 1. The van der Waals surface area contributed by atoms with Crippen LogP contribution in [0, 0.1) is 40.9 Å². The van der Waals surface area contributed by atoms with Crippen molar-refractivity contribution in [1.29, 1.82) is 5.26 Å². The summed E-state index contributed by atoms with van der Waals surface area (Å²) in [6.07, 6.45) is -4.34. The minimum absolute atomic E-state index is 0.0130. The van der Waals surface area contributed by atoms with Crippen LogP contribution in [0.4, 0.5) is 19.0 Å². The lowest BCUT2D eigenvalue weighted by atomic mass is 9.74. The Kier molecular flexibility index (Phi) is 4.70. The third kappa shape index (κ3) is 3.04. The van der Waals surface area contributed by atoms with Gasteiger partial charge in [0.05, 0.1) is 40.5 Å². The zero-order chi connectivity index (χ0) is 21.1. The number of carbonyl (C=O) groups is 2. The number of likely N-dealkylation sites (tertiary alicyclic amines) is 1. The molecule has 1 aliphatic heterocycles. The maximum absolute atomic E-state index is 12.7. The topological polar surface area (TPSA) is 106 Å². The Morgan fingerprint density at radius 1 is 1.31 bits per heavy atom. The van der Waals surface area contributed by atoms with Crippen LogP contribution in [0.5, 0.6) is 0 Å². The van der Waals surface area contributed by atoms with E-state index in [1.165, 1.54) is 0 Å². The summed E-state index contributed by atoms with van der Waals surface area (Å²) in [6.45, 7) is 0.0328. The number of hydrogen-bond acceptors (Lipinski definition) is 6. The molecule has 6 atom stereocenters. The van der Waals surface area contributed by atoms with E-state index in [0.29, 0.717) is 12.6 Å². The molecule has 2 saturated carbocycles. The van der Waals surface area contributed by atoms with Gasteiger partial charge in [0.1, 0.15) is 5.82 Å². The Balaban J connectivity index is 1.41. The molecule has 3 fully saturated rings. The van der Waals surface area contributed by atoms with Crippen LogP contribution in [0.15, 0.2) is 12.3 Å². The Hall–Kier alpha value is -2.38. The molecule has 2 heterocycles. The molecule has 2 amide bonds. The first kappa shape index (κ1) is 19.9. The van der Waals surface area contributed by atoms with Crippen molar-refractivity contribution in [2.45, 2.75) is 18.7 Å². The van der Waals surface area contributed by atoms with Crippen LogP contribution < -0.4 is 5.32 Å². The zero-order valence-electron chi connectivity index (χ0n) is 14.9. The van der Waals surface area contributed by atoms with Crippen LogP contribution in [-0.2, 0) is 15.8 Å². The third-order valence-corrected chi connectivity index (χ3v) is 6.46. The summed E-state index contributed by atoms with van der Waals surface area (Å²) in [5, 5.41) is 22.0. The van der Waals surface area contributed by atoms with Gasteiger partial charge in [-0.2, -0.15) is 18.4 Å². The number of alkyl halides is 3. The number of nitrogens with zero attached hydrogens (tertiary/aromatic N) is 3. The van der Waals surface area contributed by atoms with Gasteiger partial charge in [0.15, 0.2) is 0 Å². The van der Waals surface area contributed by atoms with Crippen LogP contribution in [0.3, 0.4) is 0 Å². The Morgan fingerprint density at radius 2 is 1.97 bits per heavy atom. The number of fused-ring (bicyclic) bond motifs is 5. The minimum Gasteiger partial charge on any atom is -0.391 e. The molecule has 0 spiro atoms. The van der Waals surface area contributed by atoms with Crippen LogP contribution in [0.1, 0.15) is 12.0 Å². The predicted molar refractivity (Wildman–Crippen MR) is 93.1 cm³/mol. The Bertz CT molecular complexity index is 919. The largest absolute Gasteiger partial charge is 0.417 e. The first-order chi connectivity index (χ1) is 13.6. The van der Waals surface area contributed by atoms with Crippen LogP contribution >= 0.6 is 11.6 Å². The van der Waals surface area contributed by atoms with E-state index >= 15 is 0 Å². The van der Waals surface area contributed by atoms with Crippen LogP contribution in [-0.4, -0.2) is 46.0 Å². The maximum Gasteiger partial charge on any atom is 0.417 e. The quantitative estimate of drug-likeness (QED) is 0.710. The number of nitrogens with one attached hydrogen (secondary N) is 1. The van der Waals surface area contributed by atoms with E-state index in [0.717, 1.165) is 11.0 Å². The molecule has 2 aliphatic carbocycles. The zero-order valence-corrected chi connectivity index (χ0v) is 15.6. The number of carbonyl (C=O) groups excluding carboxylic acids is 2. The van der Waals surface area contributed by atoms with E-state index in [1.807, 2.05) is 6.07 Å². The summed E-state index contributed by atoms with van der Waals surface area (Å²) in [7, 11) is 0. The van der Waals surface area contributed by atoms with Crippen molar-refractivity contribution in [3.63, 3.8) is 0 Å². The molecular formula is C18H16ClF3N4O3. The molecule has 0 aromatic carbocycles. The first-order valence-corrected chi connectivity index (χ1v) is 9.42. The number of hydrogen-bond donors (Lipinski definition) is 2. The van der Waals surface area contributed by atoms with E-state index in [2.05, 4.69) is 10.3 Å². The summed E-state index contributed by atoms with van der Waals surface area (Å²) < 4.78 is 38.0. The van der Waals surface area contributed by atoms with E-state index in [-0.39, 0.29) is 41.7 Å². The normalized spacial score (nSPS) is 33.2. The number of pyridine rings is 1. The van der Waals surface area contributed by atoms with Crippen molar-refractivity contribution in [2.75, 3.05) is 18.4 Å². The molecule has 154 valence electrons. The predicted octanol–water partition coefficient (Wildman–Crippen LogP) is 1.92. The molecule has 7 nitrogen and oxygen atoms in total. The van der Waals surface area contributed by atoms with Crippen molar-refractivity contribution >= 4 is 29.2 Å². The second-order valence-electron chi connectivity index (χ2n) is 7.57. The lowest BCUT2D eigenvalue weighted by Gasteiger charge is -2.28. The SMILES string of the molecule is N#C[C@H]1[C@@H](O)[C@H]2C[C@H]1[C@@H]1C(=O)N(CCNc3ncc(C(F)(F)F)cc3Cl)C(=O)[C@@H]21.